The van der Waals surface area contributed by atoms with Crippen LogP contribution in [0.5, 0.6) is 0 Å². The zero-order valence-electron chi connectivity index (χ0n) is 7.40. The van der Waals surface area contributed by atoms with E-state index in [2.05, 4.69) is 5.10 Å². The highest BCUT2D eigenvalue weighted by Crippen LogP contribution is 2.10. The van der Waals surface area contributed by atoms with Crippen molar-refractivity contribution < 1.29 is 9.84 Å². The Morgan fingerprint density at radius 2 is 2.50 bits per heavy atom. The summed E-state index contributed by atoms with van der Waals surface area (Å²) >= 11 is 0. The molecule has 1 rings (SSSR count). The van der Waals surface area contributed by atoms with Crippen LogP contribution in [0.2, 0.25) is 0 Å². The minimum absolute atomic E-state index is 0.336. The number of rotatable bonds is 4. The largest absolute Gasteiger partial charge is 0.386 e. The number of aliphatic hydroxyl groups is 1. The van der Waals surface area contributed by atoms with Gasteiger partial charge in [0.05, 0.1) is 12.8 Å². The fourth-order valence-electron chi connectivity index (χ4n) is 0.938. The molecule has 0 aliphatic carbocycles. The second-order valence-corrected chi connectivity index (χ2v) is 2.62. The molecule has 1 aromatic rings. The van der Waals surface area contributed by atoms with Gasteiger partial charge in [0.25, 0.3) is 0 Å². The van der Waals surface area contributed by atoms with Crippen LogP contribution in [0.4, 0.5) is 0 Å². The van der Waals surface area contributed by atoms with Crippen molar-refractivity contribution in [3.05, 3.63) is 18.0 Å². The molecule has 1 heterocycles. The molecule has 0 aliphatic heterocycles. The van der Waals surface area contributed by atoms with Gasteiger partial charge in [-0.3, -0.25) is 4.68 Å². The van der Waals surface area contributed by atoms with Crippen molar-refractivity contribution in [1.29, 1.82) is 0 Å². The van der Waals surface area contributed by atoms with E-state index in [0.717, 1.165) is 5.56 Å². The van der Waals surface area contributed by atoms with E-state index in [0.29, 0.717) is 13.2 Å². The number of hydrogen-bond acceptors (Lipinski definition) is 3. The molecular formula is C8H14N2O2. The average molecular weight is 170 g/mol. The summed E-state index contributed by atoms with van der Waals surface area (Å²) in [5, 5.41) is 13.4. The van der Waals surface area contributed by atoms with Gasteiger partial charge in [-0.25, -0.2) is 0 Å². The minimum Gasteiger partial charge on any atom is -0.386 e. The summed E-state index contributed by atoms with van der Waals surface area (Å²) in [6, 6.07) is 0. The van der Waals surface area contributed by atoms with Crippen molar-refractivity contribution in [2.75, 3.05) is 13.2 Å². The second kappa shape index (κ2) is 4.23. The number of aryl methyl sites for hydroxylation is 1. The van der Waals surface area contributed by atoms with Gasteiger partial charge in [-0.05, 0) is 6.92 Å². The lowest BCUT2D eigenvalue weighted by atomic mass is 10.2. The van der Waals surface area contributed by atoms with E-state index in [1.54, 1.807) is 17.1 Å². The molecule has 0 saturated carbocycles. The maximum atomic E-state index is 9.49. The van der Waals surface area contributed by atoms with Gasteiger partial charge in [0.15, 0.2) is 0 Å². The van der Waals surface area contributed by atoms with Gasteiger partial charge in [0, 0.05) is 25.4 Å². The van der Waals surface area contributed by atoms with Gasteiger partial charge < -0.3 is 9.84 Å². The van der Waals surface area contributed by atoms with Crippen molar-refractivity contribution in [2.45, 2.75) is 13.0 Å². The third kappa shape index (κ3) is 2.32. The molecule has 0 radical (unpaired) electrons. The van der Waals surface area contributed by atoms with E-state index in [1.165, 1.54) is 0 Å². The third-order valence-corrected chi connectivity index (χ3v) is 1.59. The predicted molar refractivity (Wildman–Crippen MR) is 44.7 cm³/mol. The number of aliphatic hydroxyl groups excluding tert-OH is 1. The Bertz CT molecular complexity index is 235. The van der Waals surface area contributed by atoms with Gasteiger partial charge in [-0.1, -0.05) is 0 Å². The van der Waals surface area contributed by atoms with E-state index < -0.39 is 6.10 Å². The summed E-state index contributed by atoms with van der Waals surface area (Å²) in [5.74, 6) is 0. The monoisotopic (exact) mass is 170 g/mol. The summed E-state index contributed by atoms with van der Waals surface area (Å²) in [6.07, 6.45) is 2.87. The van der Waals surface area contributed by atoms with Gasteiger partial charge in [0.1, 0.15) is 6.10 Å². The molecule has 0 saturated heterocycles. The lowest BCUT2D eigenvalue weighted by Crippen LogP contribution is -2.05. The van der Waals surface area contributed by atoms with Crippen LogP contribution >= 0.6 is 0 Å². The lowest BCUT2D eigenvalue weighted by molar-refractivity contribution is 0.0420. The Balaban J connectivity index is 2.47. The molecule has 1 atom stereocenters. The first-order valence-corrected chi connectivity index (χ1v) is 3.98. The van der Waals surface area contributed by atoms with E-state index >= 15 is 0 Å². The normalized spacial score (nSPS) is 13.2. The van der Waals surface area contributed by atoms with Crippen molar-refractivity contribution in [1.82, 2.24) is 9.78 Å². The first-order valence-electron chi connectivity index (χ1n) is 3.98. The fraction of sp³-hybridized carbons (Fsp3) is 0.625. The fourth-order valence-corrected chi connectivity index (χ4v) is 0.938. The predicted octanol–water partition coefficient (Wildman–Crippen LogP) is 0.490. The molecule has 0 fully saturated rings. The summed E-state index contributed by atoms with van der Waals surface area (Å²) in [5.41, 5.74) is 0.797. The highest BCUT2D eigenvalue weighted by molar-refractivity contribution is 5.07. The van der Waals surface area contributed by atoms with E-state index in [9.17, 15) is 5.11 Å². The molecule has 0 aromatic carbocycles. The molecule has 0 spiro atoms. The molecule has 1 N–H and O–H groups in total. The molecular weight excluding hydrogens is 156 g/mol. The Hall–Kier alpha value is -0.870. The minimum atomic E-state index is -0.557. The van der Waals surface area contributed by atoms with Crippen LogP contribution in [-0.4, -0.2) is 28.1 Å². The number of aromatic nitrogens is 2. The van der Waals surface area contributed by atoms with Crippen LogP contribution in [0.25, 0.3) is 0 Å². The SMILES string of the molecule is CCOCC(O)c1cnn(C)c1. The summed E-state index contributed by atoms with van der Waals surface area (Å²) < 4.78 is 6.73. The molecule has 1 unspecified atom stereocenters. The Morgan fingerprint density at radius 3 is 3.00 bits per heavy atom. The number of hydrogen-bond donors (Lipinski definition) is 1. The highest BCUT2D eigenvalue weighted by atomic mass is 16.5. The van der Waals surface area contributed by atoms with Gasteiger partial charge >= 0.3 is 0 Å². The molecule has 1 aromatic heterocycles. The van der Waals surface area contributed by atoms with Gasteiger partial charge in [-0.15, -0.1) is 0 Å². The standard InChI is InChI=1S/C8H14N2O2/c1-3-12-6-8(11)7-4-9-10(2)5-7/h4-5,8,11H,3,6H2,1-2H3. The molecule has 0 amide bonds. The molecule has 12 heavy (non-hydrogen) atoms. The zero-order chi connectivity index (χ0) is 8.97. The zero-order valence-corrected chi connectivity index (χ0v) is 7.40. The number of ether oxygens (including phenoxy) is 1. The first kappa shape index (κ1) is 9.22. The van der Waals surface area contributed by atoms with Crippen LogP contribution < -0.4 is 0 Å². The average Bonchev–Trinajstić information content (AvgIpc) is 2.47. The van der Waals surface area contributed by atoms with E-state index in [4.69, 9.17) is 4.74 Å². The Labute approximate surface area is 71.8 Å². The molecule has 0 aliphatic rings. The van der Waals surface area contributed by atoms with Crippen LogP contribution in [-0.2, 0) is 11.8 Å². The second-order valence-electron chi connectivity index (χ2n) is 2.62. The topological polar surface area (TPSA) is 47.3 Å². The van der Waals surface area contributed by atoms with E-state index in [-0.39, 0.29) is 0 Å². The molecule has 68 valence electrons. The maximum absolute atomic E-state index is 9.49. The van der Waals surface area contributed by atoms with E-state index in [1.807, 2.05) is 14.0 Å². The van der Waals surface area contributed by atoms with Crippen LogP contribution in [0, 0.1) is 0 Å². The maximum Gasteiger partial charge on any atom is 0.105 e. The van der Waals surface area contributed by atoms with Crippen molar-refractivity contribution in [3.63, 3.8) is 0 Å². The van der Waals surface area contributed by atoms with Crippen LogP contribution in [0.3, 0.4) is 0 Å². The Kier molecular flexibility index (Phi) is 3.25. The summed E-state index contributed by atoms with van der Waals surface area (Å²) in [4.78, 5) is 0. The van der Waals surface area contributed by atoms with Crippen LogP contribution in [0.15, 0.2) is 12.4 Å². The van der Waals surface area contributed by atoms with Crippen LogP contribution in [0.1, 0.15) is 18.6 Å². The quantitative estimate of drug-likeness (QED) is 0.715. The van der Waals surface area contributed by atoms with Gasteiger partial charge in [-0.2, -0.15) is 5.10 Å². The lowest BCUT2D eigenvalue weighted by Gasteiger charge is -2.06. The molecule has 0 bridgehead atoms. The smallest absolute Gasteiger partial charge is 0.105 e. The highest BCUT2D eigenvalue weighted by Gasteiger charge is 2.08. The van der Waals surface area contributed by atoms with Crippen molar-refractivity contribution >= 4 is 0 Å². The first-order chi connectivity index (χ1) is 5.74. The summed E-state index contributed by atoms with van der Waals surface area (Å²) in [7, 11) is 1.82. The molecule has 4 nitrogen and oxygen atoms in total. The van der Waals surface area contributed by atoms with Crippen molar-refractivity contribution in [2.24, 2.45) is 7.05 Å². The molecule has 4 heteroatoms. The Morgan fingerprint density at radius 1 is 1.75 bits per heavy atom. The van der Waals surface area contributed by atoms with Gasteiger partial charge in [0.2, 0.25) is 0 Å². The number of nitrogens with zero attached hydrogens (tertiary/aromatic N) is 2. The third-order valence-electron chi connectivity index (χ3n) is 1.59. The summed E-state index contributed by atoms with van der Waals surface area (Å²) in [6.45, 7) is 2.86. The van der Waals surface area contributed by atoms with Crippen molar-refractivity contribution in [3.8, 4) is 0 Å².